The molecule has 0 aliphatic carbocycles. The van der Waals surface area contributed by atoms with Crippen LogP contribution in [0.15, 0.2) is 36.7 Å². The van der Waals surface area contributed by atoms with Gasteiger partial charge in [0.25, 0.3) is 0 Å². The van der Waals surface area contributed by atoms with Gasteiger partial charge in [0, 0.05) is 23.5 Å². The lowest BCUT2D eigenvalue weighted by molar-refractivity contribution is 0.103. The highest BCUT2D eigenvalue weighted by Crippen LogP contribution is 2.31. The molecule has 0 unspecified atom stereocenters. The number of ketones is 1. The first-order valence-corrected chi connectivity index (χ1v) is 6.17. The van der Waals surface area contributed by atoms with Crippen LogP contribution in [0, 0.1) is 0 Å². The summed E-state index contributed by atoms with van der Waals surface area (Å²) in [6, 6.07) is 6.71. The monoisotopic (exact) mass is 275 g/mol. The predicted octanol–water partition coefficient (Wildman–Crippen LogP) is 2.74. The summed E-state index contributed by atoms with van der Waals surface area (Å²) in [5.74, 6) is 1.08. The molecule has 0 saturated heterocycles. The molecule has 0 spiro atoms. The minimum atomic E-state index is -0.163. The molecule has 1 aromatic heterocycles. The first-order valence-electron chi connectivity index (χ1n) is 5.79. The van der Waals surface area contributed by atoms with Crippen LogP contribution in [0.25, 0.3) is 0 Å². The van der Waals surface area contributed by atoms with Crippen molar-refractivity contribution in [3.05, 3.63) is 52.8 Å². The number of pyridine rings is 1. The number of aromatic nitrogens is 1. The van der Waals surface area contributed by atoms with Crippen LogP contribution in [-0.2, 0) is 0 Å². The van der Waals surface area contributed by atoms with Gasteiger partial charge < -0.3 is 9.47 Å². The van der Waals surface area contributed by atoms with Crippen molar-refractivity contribution in [3.8, 4) is 11.5 Å². The van der Waals surface area contributed by atoms with Crippen molar-refractivity contribution in [2.75, 3.05) is 13.2 Å². The molecule has 0 bridgehead atoms. The van der Waals surface area contributed by atoms with E-state index in [1.165, 1.54) is 12.4 Å². The molecular weight excluding hydrogens is 266 g/mol. The standard InChI is InChI=1S/C14H10ClNO3/c15-11-8-16-4-3-10(11)14(17)9-1-2-12-13(7-9)19-6-5-18-12/h1-4,7-8H,5-6H2. The summed E-state index contributed by atoms with van der Waals surface area (Å²) in [4.78, 5) is 16.2. The maximum Gasteiger partial charge on any atom is 0.194 e. The smallest absolute Gasteiger partial charge is 0.194 e. The number of ether oxygens (including phenoxy) is 2. The molecule has 96 valence electrons. The average Bonchev–Trinajstić information content (AvgIpc) is 2.46. The number of hydrogen-bond donors (Lipinski definition) is 0. The first kappa shape index (κ1) is 12.0. The number of halogens is 1. The Bertz CT molecular complexity index is 642. The Hall–Kier alpha value is -2.07. The number of fused-ring (bicyclic) bond motifs is 1. The molecule has 1 aliphatic rings. The number of rotatable bonds is 2. The van der Waals surface area contributed by atoms with Crippen molar-refractivity contribution < 1.29 is 14.3 Å². The van der Waals surface area contributed by atoms with E-state index in [-0.39, 0.29) is 5.78 Å². The van der Waals surface area contributed by atoms with E-state index in [0.29, 0.717) is 40.9 Å². The van der Waals surface area contributed by atoms with Gasteiger partial charge in [-0.25, -0.2) is 0 Å². The third-order valence-corrected chi connectivity index (χ3v) is 3.12. The summed E-state index contributed by atoms with van der Waals surface area (Å²) in [6.07, 6.45) is 2.99. The predicted molar refractivity (Wildman–Crippen MR) is 70.1 cm³/mol. The molecule has 0 amide bonds. The number of nitrogens with zero attached hydrogens (tertiary/aromatic N) is 1. The zero-order valence-electron chi connectivity index (χ0n) is 9.93. The van der Waals surface area contributed by atoms with Crippen LogP contribution >= 0.6 is 11.6 Å². The lowest BCUT2D eigenvalue weighted by atomic mass is 10.0. The minimum absolute atomic E-state index is 0.163. The molecule has 0 atom stereocenters. The zero-order valence-corrected chi connectivity index (χ0v) is 10.7. The van der Waals surface area contributed by atoms with Gasteiger partial charge >= 0.3 is 0 Å². The summed E-state index contributed by atoms with van der Waals surface area (Å²) >= 11 is 5.97. The molecule has 5 heteroatoms. The van der Waals surface area contributed by atoms with Gasteiger partial charge in [-0.15, -0.1) is 0 Å². The molecule has 2 heterocycles. The molecular formula is C14H10ClNO3. The number of hydrogen-bond acceptors (Lipinski definition) is 4. The van der Waals surface area contributed by atoms with Crippen LogP contribution < -0.4 is 9.47 Å². The van der Waals surface area contributed by atoms with E-state index >= 15 is 0 Å². The second-order valence-electron chi connectivity index (χ2n) is 4.04. The van der Waals surface area contributed by atoms with E-state index in [2.05, 4.69) is 4.98 Å². The lowest BCUT2D eigenvalue weighted by Crippen LogP contribution is -2.16. The maximum atomic E-state index is 12.3. The van der Waals surface area contributed by atoms with Crippen molar-refractivity contribution in [2.24, 2.45) is 0 Å². The number of carbonyl (C=O) groups excluding carboxylic acids is 1. The minimum Gasteiger partial charge on any atom is -0.486 e. The molecule has 0 saturated carbocycles. The SMILES string of the molecule is O=C(c1ccc2c(c1)OCCO2)c1ccncc1Cl. The first-order chi connectivity index (χ1) is 9.25. The Morgan fingerprint density at radius 1 is 1.16 bits per heavy atom. The second kappa shape index (κ2) is 4.90. The highest BCUT2D eigenvalue weighted by atomic mass is 35.5. The molecule has 19 heavy (non-hydrogen) atoms. The zero-order chi connectivity index (χ0) is 13.2. The Labute approximate surface area is 114 Å². The lowest BCUT2D eigenvalue weighted by Gasteiger charge is -2.18. The van der Waals surface area contributed by atoms with Crippen LogP contribution in [0.5, 0.6) is 11.5 Å². The summed E-state index contributed by atoms with van der Waals surface area (Å²) in [5, 5.41) is 0.336. The topological polar surface area (TPSA) is 48.4 Å². The summed E-state index contributed by atoms with van der Waals surface area (Å²) in [5.41, 5.74) is 0.936. The fourth-order valence-corrected chi connectivity index (χ4v) is 2.10. The van der Waals surface area contributed by atoms with Crippen LogP contribution in [0.4, 0.5) is 0 Å². The second-order valence-corrected chi connectivity index (χ2v) is 4.45. The van der Waals surface area contributed by atoms with E-state index in [0.717, 1.165) is 0 Å². The van der Waals surface area contributed by atoms with Crippen molar-refractivity contribution in [2.45, 2.75) is 0 Å². The van der Waals surface area contributed by atoms with Gasteiger partial charge in [0.15, 0.2) is 17.3 Å². The van der Waals surface area contributed by atoms with Gasteiger partial charge in [-0.05, 0) is 24.3 Å². The molecule has 0 N–H and O–H groups in total. The van der Waals surface area contributed by atoms with Gasteiger partial charge in [-0.3, -0.25) is 9.78 Å². The van der Waals surface area contributed by atoms with Gasteiger partial charge in [-0.1, -0.05) is 11.6 Å². The van der Waals surface area contributed by atoms with E-state index < -0.39 is 0 Å². The van der Waals surface area contributed by atoms with Crippen LogP contribution in [0.3, 0.4) is 0 Å². The maximum absolute atomic E-state index is 12.3. The fraction of sp³-hybridized carbons (Fsp3) is 0.143. The Morgan fingerprint density at radius 2 is 1.95 bits per heavy atom. The van der Waals surface area contributed by atoms with Gasteiger partial charge in [0.2, 0.25) is 0 Å². The van der Waals surface area contributed by atoms with Crippen LogP contribution in [0.1, 0.15) is 15.9 Å². The van der Waals surface area contributed by atoms with E-state index in [1.54, 1.807) is 24.3 Å². The van der Waals surface area contributed by atoms with Crippen LogP contribution in [-0.4, -0.2) is 24.0 Å². The quantitative estimate of drug-likeness (QED) is 0.791. The summed E-state index contributed by atoms with van der Waals surface area (Å²) in [6.45, 7) is 1.01. The summed E-state index contributed by atoms with van der Waals surface area (Å²) < 4.78 is 10.9. The van der Waals surface area contributed by atoms with Gasteiger partial charge in [-0.2, -0.15) is 0 Å². The third kappa shape index (κ3) is 2.27. The average molecular weight is 276 g/mol. The highest BCUT2D eigenvalue weighted by molar-refractivity contribution is 6.34. The molecule has 1 aromatic carbocycles. The molecule has 1 aliphatic heterocycles. The van der Waals surface area contributed by atoms with E-state index in [1.807, 2.05) is 0 Å². The van der Waals surface area contributed by atoms with Crippen molar-refractivity contribution in [1.29, 1.82) is 0 Å². The summed E-state index contributed by atoms with van der Waals surface area (Å²) in [7, 11) is 0. The van der Waals surface area contributed by atoms with Crippen molar-refractivity contribution in [1.82, 2.24) is 4.98 Å². The van der Waals surface area contributed by atoms with Gasteiger partial charge in [0.05, 0.1) is 5.02 Å². The number of carbonyl (C=O) groups is 1. The van der Waals surface area contributed by atoms with Crippen LogP contribution in [0.2, 0.25) is 5.02 Å². The molecule has 2 aromatic rings. The normalized spacial score (nSPS) is 13.1. The van der Waals surface area contributed by atoms with E-state index in [9.17, 15) is 4.79 Å². The largest absolute Gasteiger partial charge is 0.486 e. The fourth-order valence-electron chi connectivity index (χ4n) is 1.90. The molecule has 0 radical (unpaired) electrons. The third-order valence-electron chi connectivity index (χ3n) is 2.82. The van der Waals surface area contributed by atoms with E-state index in [4.69, 9.17) is 21.1 Å². The Morgan fingerprint density at radius 3 is 2.74 bits per heavy atom. The Balaban J connectivity index is 1.98. The molecule has 0 fully saturated rings. The Kier molecular flexibility index (Phi) is 3.09. The molecule has 3 rings (SSSR count). The van der Waals surface area contributed by atoms with Crippen molar-refractivity contribution >= 4 is 17.4 Å². The van der Waals surface area contributed by atoms with Gasteiger partial charge in [0.1, 0.15) is 13.2 Å². The number of benzene rings is 1. The van der Waals surface area contributed by atoms with Crippen molar-refractivity contribution in [3.63, 3.8) is 0 Å². The highest BCUT2D eigenvalue weighted by Gasteiger charge is 2.17. The molecule has 4 nitrogen and oxygen atoms in total.